The minimum Gasteiger partial charge on any atom is -0.315 e. The first kappa shape index (κ1) is 14.0. The average Bonchev–Trinajstić information content (AvgIpc) is 2.27. The van der Waals surface area contributed by atoms with E-state index in [1.807, 2.05) is 0 Å². The van der Waals surface area contributed by atoms with Crippen LogP contribution in [0.3, 0.4) is 0 Å². The van der Waals surface area contributed by atoms with Gasteiger partial charge in [0.15, 0.2) is 0 Å². The van der Waals surface area contributed by atoms with Gasteiger partial charge in [-0.1, -0.05) is 19.8 Å². The Kier molecular flexibility index (Phi) is 7.06. The Balaban J connectivity index is 2.01. The molecule has 1 N–H and O–H groups in total. The summed E-state index contributed by atoms with van der Waals surface area (Å²) in [6.45, 7) is 10.6. The van der Waals surface area contributed by atoms with Crippen LogP contribution >= 0.6 is 0 Å². The van der Waals surface area contributed by atoms with Crippen LogP contribution in [0, 0.1) is 0 Å². The predicted molar refractivity (Wildman–Crippen MR) is 71.9 cm³/mol. The normalized spacial score (nSPS) is 24.6. The number of nitrogens with zero attached hydrogens (tertiary/aromatic N) is 1. The van der Waals surface area contributed by atoms with Gasteiger partial charge in [-0.15, -0.1) is 0 Å². The van der Waals surface area contributed by atoms with Gasteiger partial charge in [-0.3, -0.25) is 0 Å². The minimum atomic E-state index is 0.698. The number of hydrogen-bond donors (Lipinski definition) is 1. The second-order valence-electron chi connectivity index (χ2n) is 5.34. The van der Waals surface area contributed by atoms with Gasteiger partial charge in [-0.05, 0) is 59.2 Å². The SMILES string of the molecule is CCNC(C)CCCCN1CCCCC1C. The Morgan fingerprint density at radius 3 is 2.81 bits per heavy atom. The predicted octanol–water partition coefficient (Wildman–Crippen LogP) is 3.03. The van der Waals surface area contributed by atoms with E-state index >= 15 is 0 Å². The largest absolute Gasteiger partial charge is 0.315 e. The van der Waals surface area contributed by atoms with Crippen molar-refractivity contribution >= 4 is 0 Å². The Bertz CT molecular complexity index is 170. The van der Waals surface area contributed by atoms with Gasteiger partial charge in [0.1, 0.15) is 0 Å². The van der Waals surface area contributed by atoms with E-state index in [4.69, 9.17) is 0 Å². The van der Waals surface area contributed by atoms with Gasteiger partial charge in [0, 0.05) is 12.1 Å². The van der Waals surface area contributed by atoms with E-state index in [0.717, 1.165) is 12.6 Å². The van der Waals surface area contributed by atoms with Crippen LogP contribution in [0.1, 0.15) is 59.3 Å². The van der Waals surface area contributed by atoms with E-state index in [0.29, 0.717) is 6.04 Å². The van der Waals surface area contributed by atoms with E-state index in [9.17, 15) is 0 Å². The maximum atomic E-state index is 3.48. The number of piperidine rings is 1. The quantitative estimate of drug-likeness (QED) is 0.671. The van der Waals surface area contributed by atoms with E-state index in [2.05, 4.69) is 31.0 Å². The van der Waals surface area contributed by atoms with E-state index in [-0.39, 0.29) is 0 Å². The van der Waals surface area contributed by atoms with Gasteiger partial charge in [0.2, 0.25) is 0 Å². The summed E-state index contributed by atoms with van der Waals surface area (Å²) in [5, 5.41) is 3.48. The highest BCUT2D eigenvalue weighted by Crippen LogP contribution is 2.17. The van der Waals surface area contributed by atoms with Gasteiger partial charge in [-0.25, -0.2) is 0 Å². The first-order valence-corrected chi connectivity index (χ1v) is 7.21. The molecule has 2 heteroatoms. The standard InChI is InChI=1S/C14H30N2/c1-4-15-13(2)9-5-7-11-16-12-8-6-10-14(16)3/h13-15H,4-12H2,1-3H3. The average molecular weight is 226 g/mol. The highest BCUT2D eigenvalue weighted by atomic mass is 15.1. The molecule has 0 saturated carbocycles. The Hall–Kier alpha value is -0.0800. The second kappa shape index (κ2) is 8.08. The molecule has 1 fully saturated rings. The molecule has 2 unspecified atom stereocenters. The van der Waals surface area contributed by atoms with Gasteiger partial charge < -0.3 is 10.2 Å². The van der Waals surface area contributed by atoms with Crippen molar-refractivity contribution in [1.82, 2.24) is 10.2 Å². The van der Waals surface area contributed by atoms with Crippen molar-refractivity contribution < 1.29 is 0 Å². The maximum Gasteiger partial charge on any atom is 0.00669 e. The van der Waals surface area contributed by atoms with Crippen molar-refractivity contribution in [3.05, 3.63) is 0 Å². The van der Waals surface area contributed by atoms with E-state index in [1.54, 1.807) is 0 Å². The molecule has 0 aromatic rings. The van der Waals surface area contributed by atoms with Gasteiger partial charge in [0.25, 0.3) is 0 Å². The van der Waals surface area contributed by atoms with Gasteiger partial charge >= 0.3 is 0 Å². The number of nitrogens with one attached hydrogen (secondary N) is 1. The lowest BCUT2D eigenvalue weighted by Crippen LogP contribution is -2.38. The molecule has 0 amide bonds. The van der Waals surface area contributed by atoms with Crippen LogP contribution in [0.5, 0.6) is 0 Å². The van der Waals surface area contributed by atoms with E-state index in [1.165, 1.54) is 51.6 Å². The Labute approximate surface area is 102 Å². The zero-order valence-electron chi connectivity index (χ0n) is 11.5. The zero-order chi connectivity index (χ0) is 11.8. The summed E-state index contributed by atoms with van der Waals surface area (Å²) in [6.07, 6.45) is 8.34. The monoisotopic (exact) mass is 226 g/mol. The van der Waals surface area contributed by atoms with Crippen LogP contribution in [0.15, 0.2) is 0 Å². The minimum absolute atomic E-state index is 0.698. The topological polar surface area (TPSA) is 15.3 Å². The molecule has 0 aromatic carbocycles. The van der Waals surface area contributed by atoms with Crippen LogP contribution in [-0.4, -0.2) is 36.6 Å². The highest BCUT2D eigenvalue weighted by Gasteiger charge is 2.16. The number of rotatable bonds is 7. The van der Waals surface area contributed by atoms with Crippen LogP contribution in [0.2, 0.25) is 0 Å². The van der Waals surface area contributed by atoms with Crippen molar-refractivity contribution in [2.75, 3.05) is 19.6 Å². The van der Waals surface area contributed by atoms with Crippen molar-refractivity contribution in [2.24, 2.45) is 0 Å². The second-order valence-corrected chi connectivity index (χ2v) is 5.34. The van der Waals surface area contributed by atoms with Crippen LogP contribution in [0.25, 0.3) is 0 Å². The lowest BCUT2D eigenvalue weighted by molar-refractivity contribution is 0.157. The molecule has 2 atom stereocenters. The summed E-state index contributed by atoms with van der Waals surface area (Å²) in [7, 11) is 0. The third kappa shape index (κ3) is 5.31. The van der Waals surface area contributed by atoms with Gasteiger partial charge in [-0.2, -0.15) is 0 Å². The molecule has 1 rings (SSSR count). The molecule has 0 radical (unpaired) electrons. The highest BCUT2D eigenvalue weighted by molar-refractivity contribution is 4.73. The molecule has 0 spiro atoms. The summed E-state index contributed by atoms with van der Waals surface area (Å²) >= 11 is 0. The summed E-state index contributed by atoms with van der Waals surface area (Å²) in [6, 6.07) is 1.53. The zero-order valence-corrected chi connectivity index (χ0v) is 11.5. The molecule has 0 aromatic heterocycles. The molecule has 0 bridgehead atoms. The summed E-state index contributed by atoms with van der Waals surface area (Å²) in [5.74, 6) is 0. The molecule has 1 heterocycles. The van der Waals surface area contributed by atoms with Crippen LogP contribution in [0.4, 0.5) is 0 Å². The molecule has 0 aliphatic carbocycles. The Morgan fingerprint density at radius 1 is 1.31 bits per heavy atom. The third-order valence-corrected chi connectivity index (χ3v) is 3.83. The van der Waals surface area contributed by atoms with Gasteiger partial charge in [0.05, 0.1) is 0 Å². The summed E-state index contributed by atoms with van der Waals surface area (Å²) in [5.41, 5.74) is 0. The third-order valence-electron chi connectivity index (χ3n) is 3.83. The summed E-state index contributed by atoms with van der Waals surface area (Å²) < 4.78 is 0. The fraction of sp³-hybridized carbons (Fsp3) is 1.00. The molecule has 16 heavy (non-hydrogen) atoms. The molecule has 96 valence electrons. The number of unbranched alkanes of at least 4 members (excludes halogenated alkanes) is 1. The number of hydrogen-bond acceptors (Lipinski definition) is 2. The molecule has 1 aliphatic rings. The molecular formula is C14H30N2. The van der Waals surface area contributed by atoms with Crippen molar-refractivity contribution in [1.29, 1.82) is 0 Å². The van der Waals surface area contributed by atoms with Crippen molar-refractivity contribution in [3.8, 4) is 0 Å². The first-order valence-electron chi connectivity index (χ1n) is 7.21. The van der Waals surface area contributed by atoms with E-state index < -0.39 is 0 Å². The summed E-state index contributed by atoms with van der Waals surface area (Å²) in [4.78, 5) is 2.68. The lowest BCUT2D eigenvalue weighted by Gasteiger charge is -2.33. The molecular weight excluding hydrogens is 196 g/mol. The number of likely N-dealkylation sites (tertiary alicyclic amines) is 1. The van der Waals surface area contributed by atoms with Crippen LogP contribution < -0.4 is 5.32 Å². The fourth-order valence-electron chi connectivity index (χ4n) is 2.71. The van der Waals surface area contributed by atoms with Crippen molar-refractivity contribution in [2.45, 2.75) is 71.4 Å². The maximum absolute atomic E-state index is 3.48. The smallest absolute Gasteiger partial charge is 0.00669 e. The fourth-order valence-corrected chi connectivity index (χ4v) is 2.71. The Morgan fingerprint density at radius 2 is 2.12 bits per heavy atom. The lowest BCUT2D eigenvalue weighted by atomic mass is 10.0. The molecule has 1 saturated heterocycles. The van der Waals surface area contributed by atoms with Crippen LogP contribution in [-0.2, 0) is 0 Å². The van der Waals surface area contributed by atoms with Crippen molar-refractivity contribution in [3.63, 3.8) is 0 Å². The molecule has 2 nitrogen and oxygen atoms in total. The first-order chi connectivity index (χ1) is 7.74. The molecule has 1 aliphatic heterocycles.